The van der Waals surface area contributed by atoms with E-state index >= 15 is 0 Å². The predicted molar refractivity (Wildman–Crippen MR) is 65.3 cm³/mol. The predicted octanol–water partition coefficient (Wildman–Crippen LogP) is 1.75. The molecule has 1 aliphatic heterocycles. The molecule has 1 saturated carbocycles. The van der Waals surface area contributed by atoms with Crippen molar-refractivity contribution in [1.82, 2.24) is 4.90 Å². The van der Waals surface area contributed by atoms with Crippen LogP contribution in [0.1, 0.15) is 40.0 Å². The summed E-state index contributed by atoms with van der Waals surface area (Å²) in [6.07, 6.45) is 1.27. The molecule has 0 atom stereocenters. The minimum absolute atomic E-state index is 0.213. The minimum atomic E-state index is -0.515. The molecule has 1 aliphatic carbocycles. The van der Waals surface area contributed by atoms with Gasteiger partial charge in [-0.25, -0.2) is 4.79 Å². The normalized spacial score (nSPS) is 23.5. The van der Waals surface area contributed by atoms with Gasteiger partial charge in [0.25, 0.3) is 0 Å². The topological polar surface area (TPSA) is 55.8 Å². The van der Waals surface area contributed by atoms with E-state index in [1.165, 1.54) is 0 Å². The Morgan fingerprint density at radius 3 is 2.56 bits per heavy atom. The second-order valence-electron chi connectivity index (χ2n) is 6.11. The summed E-state index contributed by atoms with van der Waals surface area (Å²) in [4.78, 5) is 25.2. The van der Waals surface area contributed by atoms with Crippen LogP contribution in [0.4, 0.5) is 4.79 Å². The van der Waals surface area contributed by atoms with E-state index in [0.29, 0.717) is 32.6 Å². The van der Waals surface area contributed by atoms with Crippen LogP contribution >= 0.6 is 0 Å². The summed E-state index contributed by atoms with van der Waals surface area (Å²) < 4.78 is 10.8. The number of ketones is 1. The summed E-state index contributed by atoms with van der Waals surface area (Å²) in [5.41, 5.74) is -0.866. The van der Waals surface area contributed by atoms with Crippen LogP contribution in [-0.2, 0) is 14.3 Å². The summed E-state index contributed by atoms with van der Waals surface area (Å²) in [5.74, 6) is 0.213. The van der Waals surface area contributed by atoms with E-state index in [0.717, 1.165) is 6.42 Å². The van der Waals surface area contributed by atoms with Crippen molar-refractivity contribution in [3.05, 3.63) is 0 Å². The average molecular weight is 255 g/mol. The Kier molecular flexibility index (Phi) is 3.36. The van der Waals surface area contributed by atoms with Gasteiger partial charge in [-0.1, -0.05) is 0 Å². The van der Waals surface area contributed by atoms with Crippen molar-refractivity contribution in [2.45, 2.75) is 51.2 Å². The summed E-state index contributed by atoms with van der Waals surface area (Å²) in [6, 6.07) is 0. The molecule has 2 rings (SSSR count). The Bertz CT molecular complexity index is 350. The molecule has 0 radical (unpaired) electrons. The van der Waals surface area contributed by atoms with Gasteiger partial charge in [-0.05, 0) is 27.2 Å². The molecule has 102 valence electrons. The molecule has 18 heavy (non-hydrogen) atoms. The number of hydrogen-bond acceptors (Lipinski definition) is 4. The van der Waals surface area contributed by atoms with Crippen LogP contribution in [-0.4, -0.2) is 47.7 Å². The Morgan fingerprint density at radius 2 is 2.00 bits per heavy atom. The van der Waals surface area contributed by atoms with Gasteiger partial charge >= 0.3 is 6.09 Å². The monoisotopic (exact) mass is 255 g/mol. The minimum Gasteiger partial charge on any atom is -0.444 e. The highest BCUT2D eigenvalue weighted by Crippen LogP contribution is 2.39. The third kappa shape index (κ3) is 2.66. The van der Waals surface area contributed by atoms with Gasteiger partial charge in [0, 0.05) is 26.0 Å². The van der Waals surface area contributed by atoms with Crippen molar-refractivity contribution in [2.75, 3.05) is 19.8 Å². The van der Waals surface area contributed by atoms with Crippen LogP contribution in [0.2, 0.25) is 0 Å². The van der Waals surface area contributed by atoms with E-state index in [9.17, 15) is 9.59 Å². The first-order chi connectivity index (χ1) is 8.32. The number of hydrogen-bond donors (Lipinski definition) is 0. The fourth-order valence-corrected chi connectivity index (χ4v) is 2.54. The molecular formula is C13H21NO4. The van der Waals surface area contributed by atoms with Crippen molar-refractivity contribution in [2.24, 2.45) is 0 Å². The highest BCUT2D eigenvalue weighted by atomic mass is 16.6. The van der Waals surface area contributed by atoms with Gasteiger partial charge in [-0.2, -0.15) is 0 Å². The van der Waals surface area contributed by atoms with E-state index in [1.807, 2.05) is 20.8 Å². The van der Waals surface area contributed by atoms with Crippen LogP contribution in [0.15, 0.2) is 0 Å². The van der Waals surface area contributed by atoms with Crippen LogP contribution in [0.5, 0.6) is 0 Å². The van der Waals surface area contributed by atoms with Gasteiger partial charge in [0.05, 0.1) is 12.1 Å². The molecule has 2 aliphatic rings. The van der Waals surface area contributed by atoms with Crippen LogP contribution < -0.4 is 0 Å². The van der Waals surface area contributed by atoms with E-state index in [1.54, 1.807) is 4.90 Å². The number of Topliss-reactive ketones (excluding diaryl/α,β-unsaturated/α-hetero) is 1. The van der Waals surface area contributed by atoms with Gasteiger partial charge in [-0.15, -0.1) is 0 Å². The summed E-state index contributed by atoms with van der Waals surface area (Å²) in [6.45, 7) is 7.15. The second-order valence-corrected chi connectivity index (χ2v) is 6.11. The fraction of sp³-hybridized carbons (Fsp3) is 0.846. The molecule has 1 spiro atoms. The molecule has 0 aromatic rings. The van der Waals surface area contributed by atoms with Gasteiger partial charge in [0.15, 0.2) is 0 Å². The molecule has 5 heteroatoms. The van der Waals surface area contributed by atoms with Gasteiger partial charge in [0.1, 0.15) is 11.4 Å². The molecule has 2 fully saturated rings. The molecule has 1 saturated heterocycles. The van der Waals surface area contributed by atoms with Crippen molar-refractivity contribution >= 4 is 11.9 Å². The molecule has 0 unspecified atom stereocenters. The first kappa shape index (κ1) is 13.3. The Hall–Kier alpha value is -1.10. The number of nitrogens with zero attached hydrogens (tertiary/aromatic N) is 1. The quantitative estimate of drug-likeness (QED) is 0.661. The van der Waals surface area contributed by atoms with Crippen LogP contribution in [0.25, 0.3) is 0 Å². The van der Waals surface area contributed by atoms with Crippen molar-refractivity contribution in [3.63, 3.8) is 0 Å². The SMILES string of the molecule is CC(C)(C)OC(=O)N1CCOCCC12CC(=O)C2. The molecule has 0 aromatic heterocycles. The molecule has 5 nitrogen and oxygen atoms in total. The van der Waals surface area contributed by atoms with E-state index in [2.05, 4.69) is 0 Å². The molecule has 1 heterocycles. The highest BCUT2D eigenvalue weighted by Gasteiger charge is 2.51. The van der Waals surface area contributed by atoms with Crippen molar-refractivity contribution < 1.29 is 19.1 Å². The zero-order chi connectivity index (χ0) is 13.4. The number of amides is 1. The van der Waals surface area contributed by atoms with E-state index < -0.39 is 5.60 Å². The average Bonchev–Trinajstić information content (AvgIpc) is 2.37. The molecule has 1 amide bonds. The van der Waals surface area contributed by atoms with Gasteiger partial charge < -0.3 is 9.47 Å². The van der Waals surface area contributed by atoms with E-state index in [-0.39, 0.29) is 17.4 Å². The lowest BCUT2D eigenvalue weighted by Gasteiger charge is -2.47. The van der Waals surface area contributed by atoms with Gasteiger partial charge in [-0.3, -0.25) is 9.69 Å². The smallest absolute Gasteiger partial charge is 0.410 e. The highest BCUT2D eigenvalue weighted by molar-refractivity contribution is 5.89. The molecule has 0 N–H and O–H groups in total. The zero-order valence-corrected chi connectivity index (χ0v) is 11.3. The zero-order valence-electron chi connectivity index (χ0n) is 11.3. The second kappa shape index (κ2) is 4.53. The van der Waals surface area contributed by atoms with Crippen molar-refractivity contribution in [1.29, 1.82) is 0 Å². The number of carbonyl (C=O) groups excluding carboxylic acids is 2. The number of carbonyl (C=O) groups is 2. The largest absolute Gasteiger partial charge is 0.444 e. The number of rotatable bonds is 0. The third-order valence-electron chi connectivity index (χ3n) is 3.41. The Morgan fingerprint density at radius 1 is 1.33 bits per heavy atom. The van der Waals surface area contributed by atoms with Crippen LogP contribution in [0, 0.1) is 0 Å². The fourth-order valence-electron chi connectivity index (χ4n) is 2.54. The Labute approximate surface area is 107 Å². The summed E-state index contributed by atoms with van der Waals surface area (Å²) in [7, 11) is 0. The third-order valence-corrected chi connectivity index (χ3v) is 3.41. The van der Waals surface area contributed by atoms with E-state index in [4.69, 9.17) is 9.47 Å². The molecule has 0 bridgehead atoms. The lowest BCUT2D eigenvalue weighted by atomic mass is 9.72. The molecule has 0 aromatic carbocycles. The standard InChI is InChI=1S/C13H21NO4/c1-12(2,3)18-11(16)14-5-7-17-6-4-13(14)8-10(15)9-13/h4-9H2,1-3H3. The maximum absolute atomic E-state index is 12.2. The van der Waals surface area contributed by atoms with Crippen molar-refractivity contribution in [3.8, 4) is 0 Å². The summed E-state index contributed by atoms with van der Waals surface area (Å²) in [5, 5.41) is 0. The molecular weight excluding hydrogens is 234 g/mol. The maximum Gasteiger partial charge on any atom is 0.410 e. The number of ether oxygens (including phenoxy) is 2. The lowest BCUT2D eigenvalue weighted by molar-refractivity contribution is -0.134. The van der Waals surface area contributed by atoms with Gasteiger partial charge in [0.2, 0.25) is 0 Å². The maximum atomic E-state index is 12.2. The first-order valence-electron chi connectivity index (χ1n) is 6.43. The first-order valence-corrected chi connectivity index (χ1v) is 6.43. The lowest BCUT2D eigenvalue weighted by Crippen LogP contribution is -2.60. The Balaban J connectivity index is 2.11. The van der Waals surface area contributed by atoms with Crippen LogP contribution in [0.3, 0.4) is 0 Å². The summed E-state index contributed by atoms with van der Waals surface area (Å²) >= 11 is 0.